The fourth-order valence-electron chi connectivity index (χ4n) is 3.48. The van der Waals surface area contributed by atoms with Crippen LogP contribution in [0.1, 0.15) is 45.8 Å². The zero-order valence-corrected chi connectivity index (χ0v) is 15.5. The number of amides is 1. The van der Waals surface area contributed by atoms with Gasteiger partial charge in [-0.3, -0.25) is 9.78 Å². The van der Waals surface area contributed by atoms with Crippen molar-refractivity contribution in [1.29, 1.82) is 0 Å². The molecule has 3 aromatic heterocycles. The van der Waals surface area contributed by atoms with Crippen LogP contribution in [0.4, 0.5) is 0 Å². The Morgan fingerprint density at radius 2 is 2.23 bits per heavy atom. The minimum Gasteiger partial charge on any atom is -0.337 e. The molecule has 1 atom stereocenters. The molecule has 3 aromatic rings. The van der Waals surface area contributed by atoms with Crippen molar-refractivity contribution in [2.75, 3.05) is 13.1 Å². The van der Waals surface area contributed by atoms with Crippen LogP contribution in [-0.2, 0) is 6.54 Å². The summed E-state index contributed by atoms with van der Waals surface area (Å²) in [6, 6.07) is 5.93. The molecular formula is C19H21N5OS. The molecule has 1 aliphatic rings. The van der Waals surface area contributed by atoms with Crippen LogP contribution < -0.4 is 0 Å². The van der Waals surface area contributed by atoms with E-state index in [1.165, 1.54) is 11.3 Å². The lowest BCUT2D eigenvalue weighted by molar-refractivity contribution is 0.0698. The van der Waals surface area contributed by atoms with Crippen LogP contribution in [0.15, 0.2) is 42.2 Å². The lowest BCUT2D eigenvalue weighted by Crippen LogP contribution is -2.40. The van der Waals surface area contributed by atoms with Crippen molar-refractivity contribution in [3.05, 3.63) is 64.4 Å². The van der Waals surface area contributed by atoms with Gasteiger partial charge in [-0.2, -0.15) is 0 Å². The lowest BCUT2D eigenvalue weighted by atomic mass is 9.97. The molecule has 0 spiro atoms. The van der Waals surface area contributed by atoms with Crippen LogP contribution in [0.2, 0.25) is 0 Å². The number of rotatable bonds is 4. The largest absolute Gasteiger partial charge is 0.337 e. The van der Waals surface area contributed by atoms with E-state index in [-0.39, 0.29) is 11.8 Å². The number of hydrogen-bond donors (Lipinski definition) is 0. The van der Waals surface area contributed by atoms with Crippen molar-refractivity contribution in [3.63, 3.8) is 0 Å². The van der Waals surface area contributed by atoms with E-state index in [0.29, 0.717) is 18.8 Å². The van der Waals surface area contributed by atoms with Gasteiger partial charge in [-0.1, -0.05) is 6.07 Å². The van der Waals surface area contributed by atoms with Crippen molar-refractivity contribution >= 4 is 17.2 Å². The van der Waals surface area contributed by atoms with E-state index in [4.69, 9.17) is 0 Å². The van der Waals surface area contributed by atoms with Gasteiger partial charge >= 0.3 is 0 Å². The van der Waals surface area contributed by atoms with Gasteiger partial charge in [0.25, 0.3) is 5.91 Å². The highest BCUT2D eigenvalue weighted by Gasteiger charge is 2.28. The van der Waals surface area contributed by atoms with E-state index in [1.807, 2.05) is 54.0 Å². The number of nitrogens with zero attached hydrogens (tertiary/aromatic N) is 5. The first-order chi connectivity index (χ1) is 12.7. The third kappa shape index (κ3) is 3.53. The number of carbonyl (C=O) groups excluding carboxylic acids is 1. The highest BCUT2D eigenvalue weighted by molar-refractivity contribution is 7.09. The fourth-order valence-corrected chi connectivity index (χ4v) is 4.06. The maximum Gasteiger partial charge on any atom is 0.273 e. The predicted molar refractivity (Wildman–Crippen MR) is 100 cm³/mol. The van der Waals surface area contributed by atoms with E-state index in [0.717, 1.165) is 35.9 Å². The Hall–Kier alpha value is -2.54. The molecule has 0 radical (unpaired) electrons. The Labute approximate surface area is 156 Å². The quantitative estimate of drug-likeness (QED) is 0.711. The second-order valence-electron chi connectivity index (χ2n) is 6.58. The van der Waals surface area contributed by atoms with E-state index in [2.05, 4.69) is 19.5 Å². The SMILES string of the molecule is Cc1nc(C(=O)N2CCC[C@H](c3nccn3Cc3ccccn3)C2)cs1. The standard InChI is InChI=1S/C19H21N5OS/c1-14-22-17(13-26-14)19(25)24-9-4-5-15(11-24)18-21-8-10-23(18)12-16-6-2-3-7-20-16/h2-3,6-8,10,13,15H,4-5,9,11-12H2,1H3/t15-/m0/s1. The molecule has 1 saturated heterocycles. The molecular weight excluding hydrogens is 346 g/mol. The molecule has 0 aliphatic carbocycles. The number of aromatic nitrogens is 4. The second kappa shape index (κ2) is 7.37. The zero-order valence-electron chi connectivity index (χ0n) is 14.7. The number of aryl methyl sites for hydroxylation is 1. The topological polar surface area (TPSA) is 63.9 Å². The Balaban J connectivity index is 1.50. The summed E-state index contributed by atoms with van der Waals surface area (Å²) in [6.07, 6.45) is 7.66. The Bertz CT molecular complexity index is 888. The van der Waals surface area contributed by atoms with Gasteiger partial charge < -0.3 is 9.47 Å². The monoisotopic (exact) mass is 367 g/mol. The molecule has 4 heterocycles. The summed E-state index contributed by atoms with van der Waals surface area (Å²) in [7, 11) is 0. The molecule has 6 nitrogen and oxygen atoms in total. The number of hydrogen-bond acceptors (Lipinski definition) is 5. The molecule has 0 saturated carbocycles. The third-order valence-corrected chi connectivity index (χ3v) is 5.49. The van der Waals surface area contributed by atoms with Crippen LogP contribution in [0.5, 0.6) is 0 Å². The number of piperidine rings is 1. The summed E-state index contributed by atoms with van der Waals surface area (Å²) in [5.41, 5.74) is 1.57. The average molecular weight is 367 g/mol. The summed E-state index contributed by atoms with van der Waals surface area (Å²) in [5, 5.41) is 2.77. The van der Waals surface area contributed by atoms with Crippen LogP contribution in [0.25, 0.3) is 0 Å². The minimum atomic E-state index is 0.0295. The summed E-state index contributed by atoms with van der Waals surface area (Å²) in [4.78, 5) is 28.0. The average Bonchev–Trinajstić information content (AvgIpc) is 3.31. The minimum absolute atomic E-state index is 0.0295. The van der Waals surface area contributed by atoms with E-state index < -0.39 is 0 Å². The van der Waals surface area contributed by atoms with Gasteiger partial charge in [0.1, 0.15) is 11.5 Å². The van der Waals surface area contributed by atoms with Crippen molar-refractivity contribution in [3.8, 4) is 0 Å². The third-order valence-electron chi connectivity index (χ3n) is 4.72. The van der Waals surface area contributed by atoms with Gasteiger partial charge in [-0.25, -0.2) is 9.97 Å². The number of thiazole rings is 1. The van der Waals surface area contributed by atoms with E-state index in [9.17, 15) is 4.79 Å². The number of carbonyl (C=O) groups is 1. The molecule has 0 bridgehead atoms. The molecule has 1 aliphatic heterocycles. The van der Waals surface area contributed by atoms with Gasteiger partial charge in [0, 0.05) is 43.0 Å². The fraction of sp³-hybridized carbons (Fsp3) is 0.368. The molecule has 4 rings (SSSR count). The number of imidazole rings is 1. The second-order valence-corrected chi connectivity index (χ2v) is 7.64. The zero-order chi connectivity index (χ0) is 17.9. The Kier molecular flexibility index (Phi) is 4.79. The molecule has 7 heteroatoms. The van der Waals surface area contributed by atoms with Gasteiger partial charge in [0.15, 0.2) is 0 Å². The first-order valence-corrected chi connectivity index (χ1v) is 9.71. The molecule has 134 valence electrons. The van der Waals surface area contributed by atoms with Crippen molar-refractivity contribution in [2.24, 2.45) is 0 Å². The normalized spacial score (nSPS) is 17.4. The lowest BCUT2D eigenvalue weighted by Gasteiger charge is -2.32. The van der Waals surface area contributed by atoms with Crippen LogP contribution in [0, 0.1) is 6.92 Å². The first kappa shape index (κ1) is 16.9. The highest BCUT2D eigenvalue weighted by atomic mass is 32.1. The van der Waals surface area contributed by atoms with Gasteiger partial charge in [-0.15, -0.1) is 11.3 Å². The van der Waals surface area contributed by atoms with Gasteiger partial charge in [-0.05, 0) is 31.9 Å². The van der Waals surface area contributed by atoms with Crippen molar-refractivity contribution in [2.45, 2.75) is 32.2 Å². The Morgan fingerprint density at radius 3 is 3.00 bits per heavy atom. The Morgan fingerprint density at radius 1 is 1.31 bits per heavy atom. The molecule has 0 unspecified atom stereocenters. The van der Waals surface area contributed by atoms with E-state index >= 15 is 0 Å². The van der Waals surface area contributed by atoms with Crippen LogP contribution in [0.3, 0.4) is 0 Å². The molecule has 26 heavy (non-hydrogen) atoms. The van der Waals surface area contributed by atoms with Crippen molar-refractivity contribution < 1.29 is 4.79 Å². The molecule has 0 N–H and O–H groups in total. The first-order valence-electron chi connectivity index (χ1n) is 8.83. The van der Waals surface area contributed by atoms with Crippen LogP contribution >= 0.6 is 11.3 Å². The van der Waals surface area contributed by atoms with Gasteiger partial charge in [0.2, 0.25) is 0 Å². The summed E-state index contributed by atoms with van der Waals surface area (Å²) < 4.78 is 2.15. The van der Waals surface area contributed by atoms with Crippen molar-refractivity contribution in [1.82, 2.24) is 24.4 Å². The van der Waals surface area contributed by atoms with E-state index in [1.54, 1.807) is 0 Å². The smallest absolute Gasteiger partial charge is 0.273 e. The van der Waals surface area contributed by atoms with Gasteiger partial charge in [0.05, 0.1) is 17.2 Å². The summed E-state index contributed by atoms with van der Waals surface area (Å²) in [6.45, 7) is 4.10. The summed E-state index contributed by atoms with van der Waals surface area (Å²) in [5.74, 6) is 1.30. The maximum atomic E-state index is 12.7. The molecule has 0 aromatic carbocycles. The van der Waals surface area contributed by atoms with Crippen LogP contribution in [-0.4, -0.2) is 43.4 Å². The predicted octanol–water partition coefficient (Wildman–Crippen LogP) is 3.11. The number of likely N-dealkylation sites (tertiary alicyclic amines) is 1. The summed E-state index contributed by atoms with van der Waals surface area (Å²) >= 11 is 1.52. The highest BCUT2D eigenvalue weighted by Crippen LogP contribution is 2.27. The molecule has 1 amide bonds. The number of pyridine rings is 1. The maximum absolute atomic E-state index is 12.7. The molecule has 1 fully saturated rings.